The van der Waals surface area contributed by atoms with Crippen molar-refractivity contribution in [1.82, 2.24) is 4.90 Å². The van der Waals surface area contributed by atoms with Gasteiger partial charge in [-0.15, -0.1) is 0 Å². The molecule has 104 valence electrons. The van der Waals surface area contributed by atoms with E-state index in [1.54, 1.807) is 0 Å². The van der Waals surface area contributed by atoms with Crippen LogP contribution in [0.5, 0.6) is 0 Å². The van der Waals surface area contributed by atoms with E-state index in [1.807, 2.05) is 0 Å². The Kier molecular flexibility index (Phi) is 3.97. The van der Waals surface area contributed by atoms with Crippen molar-refractivity contribution < 1.29 is 14.6 Å². The lowest BCUT2D eigenvalue weighted by Gasteiger charge is -2.50. The molecule has 0 radical (unpaired) electrons. The van der Waals surface area contributed by atoms with Crippen molar-refractivity contribution in [1.29, 1.82) is 0 Å². The van der Waals surface area contributed by atoms with Crippen molar-refractivity contribution >= 4 is 5.97 Å². The minimum atomic E-state index is -0.632. The number of aliphatic carboxylic acids is 1. The van der Waals surface area contributed by atoms with Crippen LogP contribution in [0.25, 0.3) is 0 Å². The summed E-state index contributed by atoms with van der Waals surface area (Å²) >= 11 is 0. The number of hydrogen-bond donors (Lipinski definition) is 1. The van der Waals surface area contributed by atoms with E-state index in [0.717, 1.165) is 39.1 Å². The van der Waals surface area contributed by atoms with Crippen LogP contribution in [0.3, 0.4) is 0 Å². The maximum atomic E-state index is 11.4. The van der Waals surface area contributed by atoms with E-state index >= 15 is 0 Å². The van der Waals surface area contributed by atoms with E-state index in [4.69, 9.17) is 4.74 Å². The smallest absolute Gasteiger partial charge is 0.307 e. The largest absolute Gasteiger partial charge is 0.481 e. The summed E-state index contributed by atoms with van der Waals surface area (Å²) < 4.78 is 5.40. The van der Waals surface area contributed by atoms with Gasteiger partial charge in [0.25, 0.3) is 0 Å². The van der Waals surface area contributed by atoms with E-state index in [2.05, 4.69) is 25.7 Å². The number of ether oxygens (including phenoxy) is 1. The van der Waals surface area contributed by atoms with Gasteiger partial charge in [-0.25, -0.2) is 0 Å². The summed E-state index contributed by atoms with van der Waals surface area (Å²) in [4.78, 5) is 13.9. The van der Waals surface area contributed by atoms with Gasteiger partial charge in [0.2, 0.25) is 0 Å². The van der Waals surface area contributed by atoms with Crippen LogP contribution in [0, 0.1) is 17.3 Å². The molecular formula is C14H25NO3. The first-order chi connectivity index (χ1) is 8.44. The van der Waals surface area contributed by atoms with Crippen LogP contribution in [0.15, 0.2) is 0 Å². The van der Waals surface area contributed by atoms with E-state index in [1.165, 1.54) is 0 Å². The van der Waals surface area contributed by atoms with Gasteiger partial charge < -0.3 is 9.84 Å². The minimum absolute atomic E-state index is 0.132. The van der Waals surface area contributed by atoms with Gasteiger partial charge in [-0.2, -0.15) is 0 Å². The summed E-state index contributed by atoms with van der Waals surface area (Å²) in [5.41, 5.74) is -0.132. The molecule has 0 spiro atoms. The third-order valence-corrected chi connectivity index (χ3v) is 5.21. The highest BCUT2D eigenvalue weighted by atomic mass is 16.5. The van der Waals surface area contributed by atoms with Gasteiger partial charge in [0.15, 0.2) is 0 Å². The topological polar surface area (TPSA) is 49.8 Å². The Morgan fingerprint density at radius 3 is 2.44 bits per heavy atom. The summed E-state index contributed by atoms with van der Waals surface area (Å²) in [5.74, 6) is -0.428. The molecule has 1 N–H and O–H groups in total. The number of hydrogen-bond acceptors (Lipinski definition) is 3. The third kappa shape index (κ3) is 2.41. The van der Waals surface area contributed by atoms with Crippen LogP contribution in [0.4, 0.5) is 0 Å². The predicted molar refractivity (Wildman–Crippen MR) is 69.5 cm³/mol. The maximum absolute atomic E-state index is 11.4. The molecule has 0 aromatic heterocycles. The average molecular weight is 255 g/mol. The summed E-state index contributed by atoms with van der Waals surface area (Å²) in [5, 5.41) is 9.35. The molecule has 2 fully saturated rings. The van der Waals surface area contributed by atoms with Crippen LogP contribution in [0.2, 0.25) is 0 Å². The van der Waals surface area contributed by atoms with Crippen LogP contribution >= 0.6 is 0 Å². The molecule has 4 nitrogen and oxygen atoms in total. The average Bonchev–Trinajstić information content (AvgIpc) is 2.33. The first kappa shape index (κ1) is 13.8. The summed E-state index contributed by atoms with van der Waals surface area (Å²) in [7, 11) is 0. The van der Waals surface area contributed by atoms with Crippen LogP contribution in [-0.4, -0.2) is 48.3 Å². The first-order valence-corrected chi connectivity index (χ1v) is 6.99. The number of carboxylic acids is 1. The Labute approximate surface area is 109 Å². The Hall–Kier alpha value is -0.610. The number of carboxylic acid groups (broad SMARTS) is 1. The molecule has 1 heterocycles. The van der Waals surface area contributed by atoms with Crippen molar-refractivity contribution in [3.8, 4) is 0 Å². The van der Waals surface area contributed by atoms with Crippen molar-refractivity contribution in [2.24, 2.45) is 17.3 Å². The lowest BCUT2D eigenvalue weighted by molar-refractivity contribution is -0.152. The molecule has 0 bridgehead atoms. The number of morpholine rings is 1. The molecule has 0 aromatic carbocycles. The van der Waals surface area contributed by atoms with Gasteiger partial charge in [0, 0.05) is 19.1 Å². The molecule has 1 saturated heterocycles. The number of nitrogens with zero attached hydrogens (tertiary/aromatic N) is 1. The Morgan fingerprint density at radius 2 is 1.89 bits per heavy atom. The Balaban J connectivity index is 2.10. The van der Waals surface area contributed by atoms with E-state index in [0.29, 0.717) is 12.0 Å². The van der Waals surface area contributed by atoms with Gasteiger partial charge in [-0.3, -0.25) is 9.69 Å². The van der Waals surface area contributed by atoms with Gasteiger partial charge in [0.1, 0.15) is 0 Å². The maximum Gasteiger partial charge on any atom is 0.307 e. The SMILES string of the molecule is CC1C(N2CCOCC2)CCC(C(=O)O)C1(C)C. The van der Waals surface area contributed by atoms with Crippen LogP contribution < -0.4 is 0 Å². The zero-order valence-electron chi connectivity index (χ0n) is 11.7. The fraction of sp³-hybridized carbons (Fsp3) is 0.929. The molecule has 1 aliphatic carbocycles. The Bertz CT molecular complexity index is 310. The van der Waals surface area contributed by atoms with Crippen LogP contribution in [-0.2, 0) is 9.53 Å². The molecule has 4 heteroatoms. The summed E-state index contributed by atoms with van der Waals surface area (Å²) in [6, 6.07) is 0.513. The highest BCUT2D eigenvalue weighted by molar-refractivity contribution is 5.71. The predicted octanol–water partition coefficient (Wildman–Crippen LogP) is 1.84. The van der Waals surface area contributed by atoms with Gasteiger partial charge >= 0.3 is 5.97 Å². The summed E-state index contributed by atoms with van der Waals surface area (Å²) in [6.45, 7) is 10.0. The van der Waals surface area contributed by atoms with E-state index in [9.17, 15) is 9.90 Å². The first-order valence-electron chi connectivity index (χ1n) is 6.99. The molecule has 1 saturated carbocycles. The number of carbonyl (C=O) groups is 1. The Morgan fingerprint density at radius 1 is 1.28 bits per heavy atom. The van der Waals surface area contributed by atoms with Crippen molar-refractivity contribution in [3.63, 3.8) is 0 Å². The molecule has 18 heavy (non-hydrogen) atoms. The molecule has 0 amide bonds. The molecule has 3 unspecified atom stereocenters. The molecule has 2 aliphatic rings. The molecule has 3 atom stereocenters. The van der Waals surface area contributed by atoms with Crippen molar-refractivity contribution in [2.75, 3.05) is 26.3 Å². The zero-order valence-corrected chi connectivity index (χ0v) is 11.7. The molecule has 1 aliphatic heterocycles. The standard InChI is InChI=1S/C14H25NO3/c1-10-12(15-6-8-18-9-7-15)5-4-11(13(16)17)14(10,2)3/h10-12H,4-9H2,1-3H3,(H,16,17). The number of rotatable bonds is 2. The second kappa shape index (κ2) is 5.17. The van der Waals surface area contributed by atoms with Gasteiger partial charge in [-0.1, -0.05) is 20.8 Å². The highest BCUT2D eigenvalue weighted by Gasteiger charge is 2.47. The minimum Gasteiger partial charge on any atom is -0.481 e. The fourth-order valence-corrected chi connectivity index (χ4v) is 3.62. The summed E-state index contributed by atoms with van der Waals surface area (Å²) in [6.07, 6.45) is 1.80. The van der Waals surface area contributed by atoms with Gasteiger partial charge in [0.05, 0.1) is 19.1 Å². The van der Waals surface area contributed by atoms with Gasteiger partial charge in [-0.05, 0) is 24.2 Å². The lowest BCUT2D eigenvalue weighted by Crippen LogP contribution is -2.54. The molecule has 2 rings (SSSR count). The monoisotopic (exact) mass is 255 g/mol. The second-order valence-electron chi connectivity index (χ2n) is 6.29. The normalized spacial score (nSPS) is 37.4. The van der Waals surface area contributed by atoms with Crippen LogP contribution in [0.1, 0.15) is 33.6 Å². The highest BCUT2D eigenvalue weighted by Crippen LogP contribution is 2.46. The fourth-order valence-electron chi connectivity index (χ4n) is 3.62. The molecular weight excluding hydrogens is 230 g/mol. The third-order valence-electron chi connectivity index (χ3n) is 5.21. The van der Waals surface area contributed by atoms with Crippen molar-refractivity contribution in [3.05, 3.63) is 0 Å². The quantitative estimate of drug-likeness (QED) is 0.818. The second-order valence-corrected chi connectivity index (χ2v) is 6.29. The van der Waals surface area contributed by atoms with Crippen molar-refractivity contribution in [2.45, 2.75) is 39.7 Å². The van der Waals surface area contributed by atoms with E-state index in [-0.39, 0.29) is 11.3 Å². The zero-order chi connectivity index (χ0) is 13.3. The lowest BCUT2D eigenvalue weighted by atomic mass is 9.60. The van der Waals surface area contributed by atoms with E-state index < -0.39 is 5.97 Å². The molecule has 0 aromatic rings.